The zero-order valence-corrected chi connectivity index (χ0v) is 13.2. The molecule has 1 amide bonds. The minimum absolute atomic E-state index is 0.337. The molecule has 0 aliphatic rings. The summed E-state index contributed by atoms with van der Waals surface area (Å²) in [4.78, 5) is 16.8. The van der Waals surface area contributed by atoms with Gasteiger partial charge in [0.2, 0.25) is 0 Å². The van der Waals surface area contributed by atoms with Gasteiger partial charge in [0.15, 0.2) is 5.65 Å². The smallest absolute Gasteiger partial charge is 0.261 e. The van der Waals surface area contributed by atoms with Gasteiger partial charge in [-0.05, 0) is 30.7 Å². The molecule has 7 nitrogen and oxygen atoms in total. The summed E-state index contributed by atoms with van der Waals surface area (Å²) in [6, 6.07) is 6.16. The maximum Gasteiger partial charge on any atom is 0.261 e. The number of nitrogens with zero attached hydrogens (tertiary/aromatic N) is 4. The molecule has 0 unspecified atom stereocenters. The van der Waals surface area contributed by atoms with Gasteiger partial charge in [-0.1, -0.05) is 6.07 Å². The van der Waals surface area contributed by atoms with Crippen LogP contribution < -0.4 is 5.32 Å². The second-order valence-corrected chi connectivity index (χ2v) is 5.51. The molecule has 0 saturated carbocycles. The lowest BCUT2D eigenvalue weighted by Crippen LogP contribution is -2.12. The monoisotopic (exact) mass is 336 g/mol. The van der Waals surface area contributed by atoms with Gasteiger partial charge < -0.3 is 5.32 Å². The van der Waals surface area contributed by atoms with Crippen molar-refractivity contribution in [2.24, 2.45) is 0 Å². The van der Waals surface area contributed by atoms with Crippen molar-refractivity contribution < 1.29 is 9.18 Å². The van der Waals surface area contributed by atoms with Crippen molar-refractivity contribution in [3.8, 4) is 11.3 Å². The van der Waals surface area contributed by atoms with Gasteiger partial charge in [-0.3, -0.25) is 9.89 Å². The van der Waals surface area contributed by atoms with Gasteiger partial charge in [0.1, 0.15) is 17.1 Å². The predicted octanol–water partition coefficient (Wildman–Crippen LogP) is 2.82. The number of H-pyrrole nitrogens is 1. The number of rotatable bonds is 3. The van der Waals surface area contributed by atoms with E-state index in [0.29, 0.717) is 28.2 Å². The highest BCUT2D eigenvalue weighted by Crippen LogP contribution is 2.29. The first kappa shape index (κ1) is 15.0. The lowest BCUT2D eigenvalue weighted by atomic mass is 10.0. The summed E-state index contributed by atoms with van der Waals surface area (Å²) in [6.07, 6.45) is 6.30. The number of aromatic nitrogens is 5. The lowest BCUT2D eigenvalue weighted by molar-refractivity contribution is 0.102. The molecule has 2 N–H and O–H groups in total. The van der Waals surface area contributed by atoms with Crippen molar-refractivity contribution in [3.63, 3.8) is 0 Å². The Bertz CT molecular complexity index is 1080. The third-order valence-electron chi connectivity index (χ3n) is 3.87. The zero-order chi connectivity index (χ0) is 17.4. The van der Waals surface area contributed by atoms with Gasteiger partial charge >= 0.3 is 0 Å². The molecule has 8 heteroatoms. The summed E-state index contributed by atoms with van der Waals surface area (Å²) in [5.74, 6) is -0.738. The molecule has 0 bridgehead atoms. The van der Waals surface area contributed by atoms with E-state index in [0.717, 1.165) is 5.56 Å². The molecule has 4 aromatic rings. The number of carbonyl (C=O) groups is 1. The van der Waals surface area contributed by atoms with E-state index in [-0.39, 0.29) is 11.7 Å². The van der Waals surface area contributed by atoms with Crippen LogP contribution in [0.2, 0.25) is 0 Å². The highest BCUT2D eigenvalue weighted by atomic mass is 19.1. The summed E-state index contributed by atoms with van der Waals surface area (Å²) in [7, 11) is 0. The number of nitrogens with one attached hydrogen (secondary N) is 2. The van der Waals surface area contributed by atoms with Gasteiger partial charge in [0.25, 0.3) is 5.91 Å². The van der Waals surface area contributed by atoms with Crippen molar-refractivity contribution in [1.82, 2.24) is 24.8 Å². The SMILES string of the molecule is Cc1ccc(F)cc1-c1n[nH]cc1NC(=O)c1cnn2cccnc12. The van der Waals surface area contributed by atoms with Crippen LogP contribution in [0, 0.1) is 12.7 Å². The molecule has 25 heavy (non-hydrogen) atoms. The number of carbonyl (C=O) groups excluding carboxylic acids is 1. The Morgan fingerprint density at radius 2 is 2.24 bits per heavy atom. The van der Waals surface area contributed by atoms with Gasteiger partial charge in [-0.25, -0.2) is 13.9 Å². The van der Waals surface area contributed by atoms with Crippen molar-refractivity contribution >= 4 is 17.2 Å². The molecule has 4 rings (SSSR count). The maximum atomic E-state index is 13.6. The Morgan fingerprint density at radius 1 is 1.36 bits per heavy atom. The van der Waals surface area contributed by atoms with Gasteiger partial charge in [0.05, 0.1) is 11.9 Å². The average molecular weight is 336 g/mol. The zero-order valence-electron chi connectivity index (χ0n) is 13.2. The summed E-state index contributed by atoms with van der Waals surface area (Å²) < 4.78 is 15.1. The summed E-state index contributed by atoms with van der Waals surface area (Å²) in [5, 5.41) is 13.7. The highest BCUT2D eigenvalue weighted by molar-refractivity contribution is 6.09. The number of amides is 1. The van der Waals surface area contributed by atoms with Crippen molar-refractivity contribution in [1.29, 1.82) is 0 Å². The Kier molecular flexibility index (Phi) is 3.50. The fourth-order valence-corrected chi connectivity index (χ4v) is 2.62. The third kappa shape index (κ3) is 2.63. The van der Waals surface area contributed by atoms with Crippen LogP contribution >= 0.6 is 0 Å². The van der Waals surface area contributed by atoms with Gasteiger partial charge in [-0.2, -0.15) is 10.2 Å². The standard InChI is InChI=1S/C17H13FN6O/c1-10-3-4-11(18)7-12(10)15-14(9-20-23-15)22-17(25)13-8-21-24-6-2-5-19-16(13)24/h2-9H,1H3,(H,20,23)(H,22,25). The minimum Gasteiger partial charge on any atom is -0.319 e. The Morgan fingerprint density at radius 3 is 3.12 bits per heavy atom. The van der Waals surface area contributed by atoms with E-state index < -0.39 is 0 Å². The normalized spacial score (nSPS) is 11.0. The molecule has 0 aliphatic heterocycles. The topological polar surface area (TPSA) is 88.0 Å². The molecule has 0 saturated heterocycles. The highest BCUT2D eigenvalue weighted by Gasteiger charge is 2.18. The minimum atomic E-state index is -0.370. The second kappa shape index (κ2) is 5.82. The van der Waals surface area contributed by atoms with E-state index in [2.05, 4.69) is 25.6 Å². The van der Waals surface area contributed by atoms with Crippen LogP contribution in [-0.2, 0) is 0 Å². The molecule has 0 spiro atoms. The largest absolute Gasteiger partial charge is 0.319 e. The summed E-state index contributed by atoms with van der Waals surface area (Å²) >= 11 is 0. The average Bonchev–Trinajstić information content (AvgIpc) is 3.23. The van der Waals surface area contributed by atoms with Crippen LogP contribution in [0.5, 0.6) is 0 Å². The van der Waals surface area contributed by atoms with Gasteiger partial charge in [-0.15, -0.1) is 0 Å². The number of hydrogen-bond donors (Lipinski definition) is 2. The maximum absolute atomic E-state index is 13.6. The van der Waals surface area contributed by atoms with Crippen LogP contribution in [-0.4, -0.2) is 30.7 Å². The van der Waals surface area contributed by atoms with Crippen LogP contribution in [0.1, 0.15) is 15.9 Å². The number of anilines is 1. The molecule has 0 atom stereocenters. The first-order valence-corrected chi connectivity index (χ1v) is 7.53. The van der Waals surface area contributed by atoms with Crippen LogP contribution in [0.15, 0.2) is 49.1 Å². The Balaban J connectivity index is 1.69. The number of aryl methyl sites for hydroxylation is 1. The van der Waals surface area contributed by atoms with E-state index in [1.54, 1.807) is 30.7 Å². The van der Waals surface area contributed by atoms with Crippen LogP contribution in [0.3, 0.4) is 0 Å². The molecule has 3 heterocycles. The first-order valence-electron chi connectivity index (χ1n) is 7.53. The molecular formula is C17H13FN6O. The van der Waals surface area contributed by atoms with E-state index in [1.807, 2.05) is 6.92 Å². The molecule has 0 fully saturated rings. The molecule has 124 valence electrons. The number of fused-ring (bicyclic) bond motifs is 1. The fraction of sp³-hybridized carbons (Fsp3) is 0.0588. The molecule has 0 aliphatic carbocycles. The third-order valence-corrected chi connectivity index (χ3v) is 3.87. The first-order chi connectivity index (χ1) is 12.1. The fourth-order valence-electron chi connectivity index (χ4n) is 2.62. The quantitative estimate of drug-likeness (QED) is 0.602. The molecule has 0 radical (unpaired) electrons. The number of aromatic amines is 1. The summed E-state index contributed by atoms with van der Waals surface area (Å²) in [6.45, 7) is 1.85. The van der Waals surface area contributed by atoms with Crippen LogP contribution in [0.25, 0.3) is 16.9 Å². The lowest BCUT2D eigenvalue weighted by Gasteiger charge is -2.07. The van der Waals surface area contributed by atoms with E-state index in [9.17, 15) is 9.18 Å². The Labute approximate surface area is 141 Å². The van der Waals surface area contributed by atoms with E-state index in [1.165, 1.54) is 22.8 Å². The number of benzene rings is 1. The number of halogens is 1. The van der Waals surface area contributed by atoms with Crippen molar-refractivity contribution in [2.45, 2.75) is 6.92 Å². The predicted molar refractivity (Wildman–Crippen MR) is 89.7 cm³/mol. The second-order valence-electron chi connectivity index (χ2n) is 5.51. The molecule has 3 aromatic heterocycles. The summed E-state index contributed by atoms with van der Waals surface area (Å²) in [5.41, 5.74) is 3.16. The van der Waals surface area contributed by atoms with Gasteiger partial charge in [0, 0.05) is 24.2 Å². The van der Waals surface area contributed by atoms with Crippen molar-refractivity contribution in [3.05, 3.63) is 66.0 Å². The van der Waals surface area contributed by atoms with E-state index >= 15 is 0 Å². The molecular weight excluding hydrogens is 323 g/mol. The molecule has 1 aromatic carbocycles. The number of hydrogen-bond acceptors (Lipinski definition) is 4. The van der Waals surface area contributed by atoms with E-state index in [4.69, 9.17) is 0 Å². The van der Waals surface area contributed by atoms with Crippen LogP contribution in [0.4, 0.5) is 10.1 Å². The van der Waals surface area contributed by atoms with Crippen molar-refractivity contribution in [2.75, 3.05) is 5.32 Å². The Hall–Kier alpha value is -3.55.